The monoisotopic (exact) mass is 232 g/mol. The number of nitrogens with one attached hydrogen (secondary N) is 2. The maximum Gasteiger partial charge on any atom is 0.234 e. The number of rotatable bonds is 4. The molecule has 4 heteroatoms. The molecule has 1 amide bonds. The molecule has 1 aliphatic rings. The minimum absolute atomic E-state index is 0.0516. The number of nitrogens with zero attached hydrogens (tertiary/aromatic N) is 1. The Morgan fingerprint density at radius 1 is 1.29 bits per heavy atom. The van der Waals surface area contributed by atoms with E-state index in [2.05, 4.69) is 15.5 Å². The average molecular weight is 232 g/mol. The van der Waals surface area contributed by atoms with Crippen LogP contribution in [-0.4, -0.2) is 43.5 Å². The predicted octanol–water partition coefficient (Wildman–Crippen LogP) is 0.218. The summed E-state index contributed by atoms with van der Waals surface area (Å²) in [5.74, 6) is 0.0516. The van der Waals surface area contributed by atoms with Crippen LogP contribution in [0, 0.1) is 6.54 Å². The SMILES string of the molecule is O=C(CN1CCNCC1)N[CH]c1ccccc1. The second kappa shape index (κ2) is 6.37. The summed E-state index contributed by atoms with van der Waals surface area (Å²) < 4.78 is 0. The highest BCUT2D eigenvalue weighted by molar-refractivity contribution is 5.79. The van der Waals surface area contributed by atoms with E-state index in [4.69, 9.17) is 0 Å². The standard InChI is InChI=1S/C13H18N3O/c17-13(11-16-8-6-14-7-9-16)15-10-12-4-2-1-3-5-12/h1-5,10,14H,6-9,11H2,(H,15,17). The van der Waals surface area contributed by atoms with Crippen molar-refractivity contribution < 1.29 is 4.79 Å². The first-order valence-corrected chi connectivity index (χ1v) is 5.95. The van der Waals surface area contributed by atoms with Gasteiger partial charge in [0, 0.05) is 26.2 Å². The van der Waals surface area contributed by atoms with E-state index in [-0.39, 0.29) is 5.91 Å². The van der Waals surface area contributed by atoms with E-state index in [0.29, 0.717) is 6.54 Å². The summed E-state index contributed by atoms with van der Waals surface area (Å²) in [5, 5.41) is 6.08. The van der Waals surface area contributed by atoms with Crippen LogP contribution in [0.4, 0.5) is 0 Å². The fourth-order valence-electron chi connectivity index (χ4n) is 1.83. The third-order valence-corrected chi connectivity index (χ3v) is 2.78. The number of hydrogen-bond acceptors (Lipinski definition) is 3. The Kier molecular flexibility index (Phi) is 4.53. The van der Waals surface area contributed by atoms with E-state index in [1.54, 1.807) is 6.54 Å². The van der Waals surface area contributed by atoms with Crippen molar-refractivity contribution in [2.45, 2.75) is 0 Å². The van der Waals surface area contributed by atoms with Crippen LogP contribution in [0.5, 0.6) is 0 Å². The molecule has 2 rings (SSSR count). The van der Waals surface area contributed by atoms with Crippen molar-refractivity contribution in [1.29, 1.82) is 0 Å². The summed E-state index contributed by atoms with van der Waals surface area (Å²) in [4.78, 5) is 13.8. The molecule has 1 radical (unpaired) electrons. The molecule has 1 aromatic carbocycles. The van der Waals surface area contributed by atoms with Gasteiger partial charge < -0.3 is 10.6 Å². The lowest BCUT2D eigenvalue weighted by Crippen LogP contribution is -2.47. The second-order valence-electron chi connectivity index (χ2n) is 4.15. The van der Waals surface area contributed by atoms with Crippen LogP contribution in [0.25, 0.3) is 0 Å². The summed E-state index contributed by atoms with van der Waals surface area (Å²) >= 11 is 0. The Morgan fingerprint density at radius 2 is 2.00 bits per heavy atom. The van der Waals surface area contributed by atoms with E-state index < -0.39 is 0 Å². The molecule has 2 N–H and O–H groups in total. The van der Waals surface area contributed by atoms with Gasteiger partial charge in [0.25, 0.3) is 0 Å². The Balaban J connectivity index is 1.70. The normalized spacial score (nSPS) is 16.7. The fourth-order valence-corrected chi connectivity index (χ4v) is 1.83. The van der Waals surface area contributed by atoms with Crippen molar-refractivity contribution in [3.63, 3.8) is 0 Å². The Bertz CT molecular complexity index is 347. The van der Waals surface area contributed by atoms with Crippen molar-refractivity contribution in [3.8, 4) is 0 Å². The van der Waals surface area contributed by atoms with Gasteiger partial charge in [0.1, 0.15) is 0 Å². The lowest BCUT2D eigenvalue weighted by atomic mass is 10.2. The van der Waals surface area contributed by atoms with Crippen LogP contribution in [0.1, 0.15) is 5.56 Å². The summed E-state index contributed by atoms with van der Waals surface area (Å²) in [5.41, 5.74) is 1.01. The summed E-state index contributed by atoms with van der Waals surface area (Å²) in [6, 6.07) is 9.79. The molecule has 1 fully saturated rings. The number of benzene rings is 1. The summed E-state index contributed by atoms with van der Waals surface area (Å²) in [7, 11) is 0. The molecule has 0 atom stereocenters. The Hall–Kier alpha value is -1.39. The zero-order valence-corrected chi connectivity index (χ0v) is 9.86. The second-order valence-corrected chi connectivity index (χ2v) is 4.15. The lowest BCUT2D eigenvalue weighted by Gasteiger charge is -2.26. The van der Waals surface area contributed by atoms with Crippen LogP contribution in [0.15, 0.2) is 30.3 Å². The number of amides is 1. The van der Waals surface area contributed by atoms with Crippen molar-refractivity contribution in [2.24, 2.45) is 0 Å². The maximum atomic E-state index is 11.7. The molecule has 4 nitrogen and oxygen atoms in total. The number of carbonyl (C=O) groups excluding carboxylic acids is 1. The molecule has 0 bridgehead atoms. The molecule has 1 aromatic rings. The van der Waals surface area contributed by atoms with Crippen molar-refractivity contribution in [1.82, 2.24) is 15.5 Å². The molecule has 0 unspecified atom stereocenters. The van der Waals surface area contributed by atoms with Crippen molar-refractivity contribution >= 4 is 5.91 Å². The van der Waals surface area contributed by atoms with Gasteiger partial charge in [0.2, 0.25) is 5.91 Å². The number of hydrogen-bond donors (Lipinski definition) is 2. The smallest absolute Gasteiger partial charge is 0.234 e. The number of piperazine rings is 1. The van der Waals surface area contributed by atoms with Crippen LogP contribution in [-0.2, 0) is 4.79 Å². The van der Waals surface area contributed by atoms with Gasteiger partial charge in [-0.3, -0.25) is 9.69 Å². The largest absolute Gasteiger partial charge is 0.346 e. The molecule has 1 aliphatic heterocycles. The fraction of sp³-hybridized carbons (Fsp3) is 0.385. The third-order valence-electron chi connectivity index (χ3n) is 2.78. The molecule has 0 aromatic heterocycles. The van der Waals surface area contributed by atoms with Crippen LogP contribution in [0.3, 0.4) is 0 Å². The highest BCUT2D eigenvalue weighted by atomic mass is 16.2. The van der Waals surface area contributed by atoms with Gasteiger partial charge >= 0.3 is 0 Å². The quantitative estimate of drug-likeness (QED) is 0.780. The molecule has 17 heavy (non-hydrogen) atoms. The minimum atomic E-state index is 0.0516. The maximum absolute atomic E-state index is 11.7. The first-order chi connectivity index (χ1) is 8.34. The Labute approximate surface area is 102 Å². The zero-order valence-electron chi connectivity index (χ0n) is 9.86. The number of carbonyl (C=O) groups is 1. The first kappa shape index (κ1) is 12.1. The van der Waals surface area contributed by atoms with Gasteiger partial charge in [-0.05, 0) is 5.56 Å². The van der Waals surface area contributed by atoms with Gasteiger partial charge in [0.15, 0.2) is 0 Å². The molecule has 91 valence electrons. The molecule has 0 spiro atoms. The third kappa shape index (κ3) is 4.17. The Morgan fingerprint density at radius 3 is 2.71 bits per heavy atom. The van der Waals surface area contributed by atoms with Gasteiger partial charge in [-0.2, -0.15) is 0 Å². The zero-order chi connectivity index (χ0) is 11.9. The van der Waals surface area contributed by atoms with E-state index in [9.17, 15) is 4.79 Å². The van der Waals surface area contributed by atoms with E-state index >= 15 is 0 Å². The summed E-state index contributed by atoms with van der Waals surface area (Å²) in [6.45, 7) is 6.05. The lowest BCUT2D eigenvalue weighted by molar-refractivity contribution is -0.121. The molecule has 0 saturated carbocycles. The highest BCUT2D eigenvalue weighted by Crippen LogP contribution is 1.99. The molecular weight excluding hydrogens is 214 g/mol. The highest BCUT2D eigenvalue weighted by Gasteiger charge is 2.12. The van der Waals surface area contributed by atoms with Gasteiger partial charge in [-0.15, -0.1) is 0 Å². The molecule has 0 aliphatic carbocycles. The van der Waals surface area contributed by atoms with E-state index in [0.717, 1.165) is 31.7 Å². The van der Waals surface area contributed by atoms with Crippen molar-refractivity contribution in [2.75, 3.05) is 32.7 Å². The van der Waals surface area contributed by atoms with Crippen LogP contribution < -0.4 is 10.6 Å². The topological polar surface area (TPSA) is 44.4 Å². The summed E-state index contributed by atoms with van der Waals surface area (Å²) in [6.07, 6.45) is 0. The predicted molar refractivity (Wildman–Crippen MR) is 67.3 cm³/mol. The van der Waals surface area contributed by atoms with Crippen LogP contribution in [0.2, 0.25) is 0 Å². The molecular formula is C13H18N3O. The molecule has 1 heterocycles. The van der Waals surface area contributed by atoms with Gasteiger partial charge in [0.05, 0.1) is 13.1 Å². The minimum Gasteiger partial charge on any atom is -0.346 e. The molecule has 1 saturated heterocycles. The van der Waals surface area contributed by atoms with Crippen LogP contribution >= 0.6 is 0 Å². The average Bonchev–Trinajstić information content (AvgIpc) is 2.39. The van der Waals surface area contributed by atoms with Gasteiger partial charge in [-0.25, -0.2) is 0 Å². The first-order valence-electron chi connectivity index (χ1n) is 5.95. The van der Waals surface area contributed by atoms with E-state index in [1.807, 2.05) is 30.3 Å². The van der Waals surface area contributed by atoms with Gasteiger partial charge in [-0.1, -0.05) is 30.3 Å². The van der Waals surface area contributed by atoms with Crippen molar-refractivity contribution in [3.05, 3.63) is 42.4 Å². The van der Waals surface area contributed by atoms with E-state index in [1.165, 1.54) is 0 Å².